The third-order valence-electron chi connectivity index (χ3n) is 3.62. The van der Waals surface area contributed by atoms with Gasteiger partial charge in [0.25, 0.3) is 0 Å². The van der Waals surface area contributed by atoms with Crippen LogP contribution < -0.4 is 16.0 Å². The number of pyridine rings is 1. The van der Waals surface area contributed by atoms with Gasteiger partial charge < -0.3 is 20.9 Å². The third-order valence-corrected chi connectivity index (χ3v) is 3.62. The summed E-state index contributed by atoms with van der Waals surface area (Å²) >= 11 is 0. The Balaban J connectivity index is 0.00000242. The summed E-state index contributed by atoms with van der Waals surface area (Å²) in [6.45, 7) is 7.78. The van der Waals surface area contributed by atoms with Crippen molar-refractivity contribution in [1.29, 1.82) is 0 Å². The molecule has 1 fully saturated rings. The first-order valence-electron chi connectivity index (χ1n) is 7.61. The van der Waals surface area contributed by atoms with Gasteiger partial charge >= 0.3 is 0 Å². The van der Waals surface area contributed by atoms with Crippen molar-refractivity contribution in [3.63, 3.8) is 0 Å². The highest BCUT2D eigenvalue weighted by Gasteiger charge is 2.14. The highest BCUT2D eigenvalue weighted by molar-refractivity contribution is 14.0. The zero-order chi connectivity index (χ0) is 15.1. The van der Waals surface area contributed by atoms with Gasteiger partial charge in [-0.1, -0.05) is 13.0 Å². The number of nitrogens with two attached hydrogens (primary N) is 1. The van der Waals surface area contributed by atoms with Gasteiger partial charge in [0.15, 0.2) is 5.96 Å². The molecule has 0 radical (unpaired) electrons. The molecule has 1 aliphatic rings. The number of halogens is 1. The minimum atomic E-state index is 0. The van der Waals surface area contributed by atoms with E-state index < -0.39 is 0 Å². The molecule has 0 bridgehead atoms. The van der Waals surface area contributed by atoms with Crippen LogP contribution in [0.25, 0.3) is 0 Å². The lowest BCUT2D eigenvalue weighted by Crippen LogP contribution is -2.44. The molecular weight excluding hydrogens is 391 g/mol. The van der Waals surface area contributed by atoms with Gasteiger partial charge in [0, 0.05) is 38.9 Å². The zero-order valence-corrected chi connectivity index (χ0v) is 15.8. The molecule has 22 heavy (non-hydrogen) atoms. The molecule has 0 spiro atoms. The Morgan fingerprint density at radius 2 is 2.05 bits per heavy atom. The summed E-state index contributed by atoms with van der Waals surface area (Å²) in [5.74, 6) is 1.55. The summed E-state index contributed by atoms with van der Waals surface area (Å²) in [6.07, 6.45) is 2.93. The predicted octanol–water partition coefficient (Wildman–Crippen LogP) is 1.27. The lowest BCUT2D eigenvalue weighted by molar-refractivity contribution is 0.312. The number of piperazine rings is 1. The molecule has 0 atom stereocenters. The number of guanidine groups is 1. The van der Waals surface area contributed by atoms with Crippen LogP contribution in [0.3, 0.4) is 0 Å². The minimum Gasteiger partial charge on any atom is -0.370 e. The van der Waals surface area contributed by atoms with Crippen molar-refractivity contribution >= 4 is 35.8 Å². The second kappa shape index (κ2) is 9.83. The van der Waals surface area contributed by atoms with E-state index in [0.717, 1.165) is 50.5 Å². The van der Waals surface area contributed by atoms with Crippen LogP contribution in [-0.4, -0.2) is 55.6 Å². The summed E-state index contributed by atoms with van der Waals surface area (Å²) in [5, 5.41) is 3.06. The predicted molar refractivity (Wildman–Crippen MR) is 103 cm³/mol. The molecule has 0 aliphatic carbocycles. The number of anilines is 1. The summed E-state index contributed by atoms with van der Waals surface area (Å²) in [4.78, 5) is 13.5. The van der Waals surface area contributed by atoms with E-state index in [1.54, 1.807) is 0 Å². The maximum absolute atomic E-state index is 5.77. The molecule has 6 nitrogen and oxygen atoms in total. The van der Waals surface area contributed by atoms with Crippen molar-refractivity contribution in [3.05, 3.63) is 23.9 Å². The highest BCUT2D eigenvalue weighted by atomic mass is 127. The molecule has 2 heterocycles. The number of likely N-dealkylation sites (N-methyl/N-ethyl adjacent to an activating group) is 1. The standard InChI is InChI=1S/C15H26N6.HI/c1-3-6-17-15(16)19-12-13-4-5-14(18-11-13)21-9-7-20(2)8-10-21;/h4-5,11H,3,6-10,12H2,1-2H3,(H3,16,17,19);1H. The molecule has 1 aromatic rings. The molecule has 7 heteroatoms. The van der Waals surface area contributed by atoms with Crippen LogP contribution in [0, 0.1) is 0 Å². The molecule has 1 aromatic heterocycles. The molecule has 1 aliphatic heterocycles. The van der Waals surface area contributed by atoms with Crippen molar-refractivity contribution in [2.75, 3.05) is 44.7 Å². The fourth-order valence-electron chi connectivity index (χ4n) is 2.22. The van der Waals surface area contributed by atoms with E-state index in [1.165, 1.54) is 0 Å². The lowest BCUT2D eigenvalue weighted by Gasteiger charge is -2.33. The summed E-state index contributed by atoms with van der Waals surface area (Å²) in [7, 11) is 2.16. The van der Waals surface area contributed by atoms with Crippen molar-refractivity contribution in [1.82, 2.24) is 15.2 Å². The molecule has 124 valence electrons. The molecule has 3 N–H and O–H groups in total. The van der Waals surface area contributed by atoms with Crippen LogP contribution in [0.2, 0.25) is 0 Å². The van der Waals surface area contributed by atoms with Gasteiger partial charge in [-0.2, -0.15) is 0 Å². The summed E-state index contributed by atoms with van der Waals surface area (Å²) < 4.78 is 0. The molecule has 0 amide bonds. The molecule has 0 unspecified atom stereocenters. The Morgan fingerprint density at radius 1 is 1.32 bits per heavy atom. The SMILES string of the molecule is CCCNC(N)=NCc1ccc(N2CCN(C)CC2)nc1.I. The van der Waals surface area contributed by atoms with E-state index in [4.69, 9.17) is 5.73 Å². The molecule has 0 saturated carbocycles. The summed E-state index contributed by atoms with van der Waals surface area (Å²) in [5.41, 5.74) is 6.85. The Morgan fingerprint density at radius 3 is 2.64 bits per heavy atom. The topological polar surface area (TPSA) is 69.8 Å². The summed E-state index contributed by atoms with van der Waals surface area (Å²) in [6, 6.07) is 4.16. The van der Waals surface area contributed by atoms with Crippen molar-refractivity contribution < 1.29 is 0 Å². The van der Waals surface area contributed by atoms with E-state index >= 15 is 0 Å². The van der Waals surface area contributed by atoms with E-state index in [1.807, 2.05) is 6.20 Å². The second-order valence-corrected chi connectivity index (χ2v) is 5.44. The minimum absolute atomic E-state index is 0. The van der Waals surface area contributed by atoms with E-state index in [0.29, 0.717) is 12.5 Å². The lowest BCUT2D eigenvalue weighted by atomic mass is 10.2. The van der Waals surface area contributed by atoms with E-state index in [-0.39, 0.29) is 24.0 Å². The smallest absolute Gasteiger partial charge is 0.188 e. The third kappa shape index (κ3) is 5.96. The van der Waals surface area contributed by atoms with Gasteiger partial charge in [-0.15, -0.1) is 24.0 Å². The number of aromatic nitrogens is 1. The Labute approximate surface area is 150 Å². The highest BCUT2D eigenvalue weighted by Crippen LogP contribution is 2.13. The molecule has 2 rings (SSSR count). The quantitative estimate of drug-likeness (QED) is 0.428. The van der Waals surface area contributed by atoms with Crippen molar-refractivity contribution in [2.24, 2.45) is 10.7 Å². The Hall–Kier alpha value is -1.09. The van der Waals surface area contributed by atoms with Crippen molar-refractivity contribution in [2.45, 2.75) is 19.9 Å². The van der Waals surface area contributed by atoms with Gasteiger partial charge in [-0.3, -0.25) is 0 Å². The van der Waals surface area contributed by atoms with Gasteiger partial charge in [-0.05, 0) is 25.1 Å². The molecule has 1 saturated heterocycles. The fourth-order valence-corrected chi connectivity index (χ4v) is 2.22. The number of hydrogen-bond donors (Lipinski definition) is 2. The van der Waals surface area contributed by atoms with Crippen molar-refractivity contribution in [3.8, 4) is 0 Å². The van der Waals surface area contributed by atoms with Gasteiger partial charge in [0.05, 0.1) is 6.54 Å². The first-order valence-corrected chi connectivity index (χ1v) is 7.61. The number of aliphatic imine (C=N–C) groups is 1. The van der Waals surface area contributed by atoms with Gasteiger partial charge in [0.2, 0.25) is 0 Å². The Bertz CT molecular complexity index is 454. The van der Waals surface area contributed by atoms with Crippen LogP contribution in [0.5, 0.6) is 0 Å². The van der Waals surface area contributed by atoms with Crippen LogP contribution in [-0.2, 0) is 6.54 Å². The normalized spacial score (nSPS) is 16.3. The first-order chi connectivity index (χ1) is 10.2. The number of nitrogens with one attached hydrogen (secondary N) is 1. The first kappa shape index (κ1) is 19.0. The van der Waals surface area contributed by atoms with Crippen LogP contribution >= 0.6 is 24.0 Å². The van der Waals surface area contributed by atoms with E-state index in [9.17, 15) is 0 Å². The van der Waals surface area contributed by atoms with Crippen LogP contribution in [0.4, 0.5) is 5.82 Å². The number of hydrogen-bond acceptors (Lipinski definition) is 4. The average molecular weight is 418 g/mol. The average Bonchev–Trinajstić information content (AvgIpc) is 2.52. The largest absolute Gasteiger partial charge is 0.370 e. The van der Waals surface area contributed by atoms with Crippen LogP contribution in [0.15, 0.2) is 23.3 Å². The number of rotatable bonds is 5. The molecule has 0 aromatic carbocycles. The second-order valence-electron chi connectivity index (χ2n) is 5.44. The monoisotopic (exact) mass is 418 g/mol. The van der Waals surface area contributed by atoms with Gasteiger partial charge in [-0.25, -0.2) is 9.98 Å². The Kier molecular flexibility index (Phi) is 8.47. The maximum atomic E-state index is 5.77. The molecular formula is C15H27IN6. The maximum Gasteiger partial charge on any atom is 0.188 e. The van der Waals surface area contributed by atoms with E-state index in [2.05, 4.69) is 51.2 Å². The number of nitrogens with zero attached hydrogens (tertiary/aromatic N) is 4. The van der Waals surface area contributed by atoms with Crippen LogP contribution in [0.1, 0.15) is 18.9 Å². The fraction of sp³-hybridized carbons (Fsp3) is 0.600. The zero-order valence-electron chi connectivity index (χ0n) is 13.5. The van der Waals surface area contributed by atoms with Gasteiger partial charge in [0.1, 0.15) is 5.82 Å².